The third kappa shape index (κ3) is 4.62. The summed E-state index contributed by atoms with van der Waals surface area (Å²) in [5.41, 5.74) is 1.10. The molecule has 0 saturated heterocycles. The minimum Gasteiger partial charge on any atom is -0.453 e. The molecule has 2 aromatic heterocycles. The first-order valence-electron chi connectivity index (χ1n) is 8.36. The lowest BCUT2D eigenvalue weighted by Gasteiger charge is -2.13. The van der Waals surface area contributed by atoms with Gasteiger partial charge >= 0.3 is 0 Å². The zero-order valence-electron chi connectivity index (χ0n) is 15.0. The van der Waals surface area contributed by atoms with E-state index in [1.54, 1.807) is 73.6 Å². The van der Waals surface area contributed by atoms with Crippen LogP contribution in [0.5, 0.6) is 0 Å². The number of amides is 2. The normalized spacial score (nSPS) is 11.8. The van der Waals surface area contributed by atoms with Crippen molar-refractivity contribution in [1.82, 2.24) is 9.78 Å². The Labute approximate surface area is 156 Å². The molecule has 2 amide bonds. The third-order valence-corrected chi connectivity index (χ3v) is 3.86. The summed E-state index contributed by atoms with van der Waals surface area (Å²) in [6.45, 7) is 2.05. The number of carbonyl (C=O) groups is 2. The number of rotatable bonds is 7. The Hall–Kier alpha value is -3.39. The molecule has 8 nitrogen and oxygen atoms in total. The SMILES string of the molecule is COCc1ccc(C(=O)Nc2cccc(NC(=O)C(C)n3cccn3)c2)o1. The van der Waals surface area contributed by atoms with Gasteiger partial charge < -0.3 is 19.8 Å². The summed E-state index contributed by atoms with van der Waals surface area (Å²) >= 11 is 0. The van der Waals surface area contributed by atoms with Crippen molar-refractivity contribution in [2.75, 3.05) is 17.7 Å². The smallest absolute Gasteiger partial charge is 0.291 e. The van der Waals surface area contributed by atoms with Crippen molar-refractivity contribution in [3.05, 3.63) is 66.4 Å². The maximum atomic E-state index is 12.3. The highest BCUT2D eigenvalue weighted by molar-refractivity contribution is 6.03. The van der Waals surface area contributed by atoms with Crippen molar-refractivity contribution in [2.24, 2.45) is 0 Å². The van der Waals surface area contributed by atoms with Gasteiger partial charge in [0.1, 0.15) is 18.4 Å². The summed E-state index contributed by atoms with van der Waals surface area (Å²) in [5.74, 6) is 0.156. The lowest BCUT2D eigenvalue weighted by molar-refractivity contribution is -0.119. The lowest BCUT2D eigenvalue weighted by atomic mass is 10.2. The van der Waals surface area contributed by atoms with Crippen LogP contribution in [0.3, 0.4) is 0 Å². The fraction of sp³-hybridized carbons (Fsp3) is 0.211. The average Bonchev–Trinajstić information content (AvgIpc) is 3.34. The molecular formula is C19H20N4O4. The minimum absolute atomic E-state index is 0.184. The molecule has 1 atom stereocenters. The van der Waals surface area contributed by atoms with Crippen LogP contribution in [0.1, 0.15) is 29.3 Å². The Morgan fingerprint density at radius 1 is 1.19 bits per heavy atom. The number of benzene rings is 1. The van der Waals surface area contributed by atoms with E-state index in [2.05, 4.69) is 15.7 Å². The van der Waals surface area contributed by atoms with Crippen molar-refractivity contribution in [3.8, 4) is 0 Å². The highest BCUT2D eigenvalue weighted by Crippen LogP contribution is 2.18. The molecule has 1 aromatic carbocycles. The van der Waals surface area contributed by atoms with Crippen molar-refractivity contribution < 1.29 is 18.7 Å². The largest absolute Gasteiger partial charge is 0.453 e. The van der Waals surface area contributed by atoms with E-state index in [1.165, 1.54) is 0 Å². The Morgan fingerprint density at radius 2 is 1.96 bits per heavy atom. The van der Waals surface area contributed by atoms with E-state index in [0.717, 1.165) is 0 Å². The van der Waals surface area contributed by atoms with Gasteiger partial charge in [-0.15, -0.1) is 0 Å². The van der Waals surface area contributed by atoms with Gasteiger partial charge in [0.25, 0.3) is 5.91 Å². The van der Waals surface area contributed by atoms with Crippen molar-refractivity contribution in [1.29, 1.82) is 0 Å². The summed E-state index contributed by atoms with van der Waals surface area (Å²) < 4.78 is 11.9. The van der Waals surface area contributed by atoms with E-state index in [0.29, 0.717) is 23.7 Å². The molecule has 140 valence electrons. The fourth-order valence-corrected chi connectivity index (χ4v) is 2.46. The van der Waals surface area contributed by atoms with Crippen LogP contribution in [0.15, 0.2) is 59.3 Å². The third-order valence-electron chi connectivity index (χ3n) is 3.86. The van der Waals surface area contributed by atoms with Crippen LogP contribution in [0.2, 0.25) is 0 Å². The molecule has 1 unspecified atom stereocenters. The maximum Gasteiger partial charge on any atom is 0.291 e. The molecule has 0 spiro atoms. The van der Waals surface area contributed by atoms with E-state index >= 15 is 0 Å². The molecule has 0 bridgehead atoms. The summed E-state index contributed by atoms with van der Waals surface area (Å²) in [5, 5.41) is 9.62. The number of hydrogen-bond donors (Lipinski definition) is 2. The van der Waals surface area contributed by atoms with Gasteiger partial charge in [0.15, 0.2) is 5.76 Å². The van der Waals surface area contributed by atoms with Crippen LogP contribution >= 0.6 is 0 Å². The number of aromatic nitrogens is 2. The van der Waals surface area contributed by atoms with Gasteiger partial charge in [-0.2, -0.15) is 5.10 Å². The quantitative estimate of drug-likeness (QED) is 0.668. The summed E-state index contributed by atoms with van der Waals surface area (Å²) in [4.78, 5) is 24.6. The molecule has 3 aromatic rings. The van der Waals surface area contributed by atoms with E-state index in [9.17, 15) is 9.59 Å². The summed E-state index contributed by atoms with van der Waals surface area (Å²) in [6.07, 6.45) is 3.34. The van der Waals surface area contributed by atoms with Gasteiger partial charge in [-0.25, -0.2) is 0 Å². The molecule has 8 heteroatoms. The standard InChI is InChI=1S/C19H20N4O4/c1-13(23-10-4-9-20-23)18(24)21-14-5-3-6-15(11-14)22-19(25)17-8-7-16(27-17)12-26-2/h3-11,13H,12H2,1-2H3,(H,21,24)(H,22,25). The van der Waals surface area contributed by atoms with E-state index in [1.807, 2.05) is 0 Å². The first-order chi connectivity index (χ1) is 13.1. The molecule has 0 fully saturated rings. The molecule has 0 aliphatic rings. The molecule has 0 aliphatic heterocycles. The number of furan rings is 1. The Kier molecular flexibility index (Phi) is 5.68. The number of methoxy groups -OCH3 is 1. The Bertz CT molecular complexity index is 917. The monoisotopic (exact) mass is 368 g/mol. The zero-order valence-corrected chi connectivity index (χ0v) is 15.0. The van der Waals surface area contributed by atoms with Crippen LogP contribution in [0.4, 0.5) is 11.4 Å². The van der Waals surface area contributed by atoms with Crippen molar-refractivity contribution in [3.63, 3.8) is 0 Å². The van der Waals surface area contributed by atoms with Crippen LogP contribution in [0, 0.1) is 0 Å². The van der Waals surface area contributed by atoms with Gasteiger partial charge in [-0.1, -0.05) is 6.07 Å². The zero-order chi connectivity index (χ0) is 19.2. The van der Waals surface area contributed by atoms with Gasteiger partial charge in [-0.3, -0.25) is 14.3 Å². The molecule has 0 radical (unpaired) electrons. The topological polar surface area (TPSA) is 98.4 Å². The summed E-state index contributed by atoms with van der Waals surface area (Å²) in [6, 6.07) is 11.4. The van der Waals surface area contributed by atoms with Gasteiger partial charge in [0, 0.05) is 30.9 Å². The first kappa shape index (κ1) is 18.4. The Balaban J connectivity index is 1.64. The lowest BCUT2D eigenvalue weighted by Crippen LogP contribution is -2.24. The fourth-order valence-electron chi connectivity index (χ4n) is 2.46. The highest BCUT2D eigenvalue weighted by atomic mass is 16.5. The van der Waals surface area contributed by atoms with E-state index < -0.39 is 6.04 Å². The number of nitrogens with zero attached hydrogens (tertiary/aromatic N) is 2. The number of hydrogen-bond acceptors (Lipinski definition) is 5. The molecule has 27 heavy (non-hydrogen) atoms. The predicted octanol–water partition coefficient (Wildman–Crippen LogP) is 3.07. The van der Waals surface area contributed by atoms with Gasteiger partial charge in [0.05, 0.1) is 0 Å². The van der Waals surface area contributed by atoms with Crippen LogP contribution < -0.4 is 10.6 Å². The van der Waals surface area contributed by atoms with E-state index in [-0.39, 0.29) is 17.6 Å². The predicted molar refractivity (Wildman–Crippen MR) is 99.4 cm³/mol. The van der Waals surface area contributed by atoms with Crippen molar-refractivity contribution >= 4 is 23.2 Å². The highest BCUT2D eigenvalue weighted by Gasteiger charge is 2.16. The van der Waals surface area contributed by atoms with Crippen LogP contribution in [0.25, 0.3) is 0 Å². The molecular weight excluding hydrogens is 348 g/mol. The van der Waals surface area contributed by atoms with Gasteiger partial charge in [0.2, 0.25) is 5.91 Å². The van der Waals surface area contributed by atoms with E-state index in [4.69, 9.17) is 9.15 Å². The average molecular weight is 368 g/mol. The molecule has 2 N–H and O–H groups in total. The second-order valence-electron chi connectivity index (χ2n) is 5.89. The van der Waals surface area contributed by atoms with Gasteiger partial charge in [-0.05, 0) is 43.3 Å². The minimum atomic E-state index is -0.458. The second-order valence-corrected chi connectivity index (χ2v) is 5.89. The Morgan fingerprint density at radius 3 is 2.67 bits per heavy atom. The molecule has 0 saturated carbocycles. The number of carbonyl (C=O) groups excluding carboxylic acids is 2. The second kappa shape index (κ2) is 8.33. The number of nitrogens with one attached hydrogen (secondary N) is 2. The van der Waals surface area contributed by atoms with Crippen molar-refractivity contribution in [2.45, 2.75) is 19.6 Å². The first-order valence-corrected chi connectivity index (χ1v) is 8.36. The van der Waals surface area contributed by atoms with Crippen LogP contribution in [-0.4, -0.2) is 28.7 Å². The maximum absolute atomic E-state index is 12.3. The number of anilines is 2. The summed E-state index contributed by atoms with van der Waals surface area (Å²) in [7, 11) is 1.55. The molecule has 3 rings (SSSR count). The van der Waals surface area contributed by atoms with Crippen LogP contribution in [-0.2, 0) is 16.1 Å². The molecule has 2 heterocycles. The number of ether oxygens (including phenoxy) is 1. The molecule has 0 aliphatic carbocycles.